The van der Waals surface area contributed by atoms with E-state index in [0.717, 1.165) is 50.4 Å². The number of sulfonamides is 1. The number of morpholine rings is 1. The molecule has 3 heterocycles. The van der Waals surface area contributed by atoms with Crippen LogP contribution < -0.4 is 5.32 Å². The Balaban J connectivity index is 1.62. The number of ether oxygens (including phenoxy) is 1. The number of rotatable bonds is 9. The van der Waals surface area contributed by atoms with Crippen molar-refractivity contribution in [1.82, 2.24) is 14.5 Å². The van der Waals surface area contributed by atoms with E-state index in [1.807, 2.05) is 13.0 Å². The van der Waals surface area contributed by atoms with Crippen LogP contribution in [0, 0.1) is 18.8 Å². The molecular weight excluding hydrogens is 434 g/mol. The summed E-state index contributed by atoms with van der Waals surface area (Å²) in [5, 5.41) is 3.17. The van der Waals surface area contributed by atoms with Gasteiger partial charge in [-0.2, -0.15) is 4.31 Å². The number of aryl methyl sites for hydroxylation is 1. The Bertz CT molecular complexity index is 816. The van der Waals surface area contributed by atoms with Crippen molar-refractivity contribution < 1.29 is 17.9 Å². The standard InChI is InChI=1S/C22H37N3O4S2/c1-4-18(5-2)20(24-11-13-29-14-12-24)15-23-22(26)19-7-6-10-25(16-19)31(27,28)21-9-8-17(3)30-21/h8-9,18-20H,4-7,10-16H2,1-3H3,(H,23,26)/t19-,20+/m0/s1. The van der Waals surface area contributed by atoms with Crippen LogP contribution in [0.2, 0.25) is 0 Å². The van der Waals surface area contributed by atoms with Crippen molar-refractivity contribution in [2.24, 2.45) is 11.8 Å². The third kappa shape index (κ3) is 6.07. The first-order chi connectivity index (χ1) is 14.9. The molecule has 2 saturated heterocycles. The molecular formula is C22H37N3O4S2. The Hall–Kier alpha value is -1.00. The number of carbonyl (C=O) groups is 1. The molecule has 3 rings (SSSR count). The lowest BCUT2D eigenvalue weighted by molar-refractivity contribution is -0.126. The average Bonchev–Trinajstić information content (AvgIpc) is 3.24. The molecule has 0 aromatic carbocycles. The van der Waals surface area contributed by atoms with Gasteiger partial charge in [-0.25, -0.2) is 8.42 Å². The second-order valence-corrected chi connectivity index (χ2v) is 12.1. The van der Waals surface area contributed by atoms with E-state index in [4.69, 9.17) is 4.74 Å². The van der Waals surface area contributed by atoms with Crippen molar-refractivity contribution in [2.45, 2.75) is 56.7 Å². The van der Waals surface area contributed by atoms with Crippen molar-refractivity contribution in [3.05, 3.63) is 17.0 Å². The summed E-state index contributed by atoms with van der Waals surface area (Å²) >= 11 is 1.29. The molecule has 1 amide bonds. The van der Waals surface area contributed by atoms with Crippen LogP contribution in [0.5, 0.6) is 0 Å². The number of nitrogens with one attached hydrogen (secondary N) is 1. The van der Waals surface area contributed by atoms with Gasteiger partial charge in [-0.15, -0.1) is 11.3 Å². The lowest BCUT2D eigenvalue weighted by atomic mass is 9.92. The minimum absolute atomic E-state index is 0.0218. The highest BCUT2D eigenvalue weighted by Gasteiger charge is 2.35. The highest BCUT2D eigenvalue weighted by atomic mass is 32.2. The number of hydrogen-bond acceptors (Lipinski definition) is 6. The molecule has 2 fully saturated rings. The summed E-state index contributed by atoms with van der Waals surface area (Å²) < 4.78 is 33.4. The first-order valence-corrected chi connectivity index (χ1v) is 13.8. The van der Waals surface area contributed by atoms with Gasteiger partial charge >= 0.3 is 0 Å². The molecule has 0 bridgehead atoms. The number of hydrogen-bond donors (Lipinski definition) is 1. The highest BCUT2D eigenvalue weighted by Crippen LogP contribution is 2.28. The van der Waals surface area contributed by atoms with Crippen LogP contribution >= 0.6 is 11.3 Å². The van der Waals surface area contributed by atoms with E-state index in [-0.39, 0.29) is 18.4 Å². The largest absolute Gasteiger partial charge is 0.379 e. The third-order valence-corrected chi connectivity index (χ3v) is 9.99. The molecule has 1 aromatic heterocycles. The molecule has 1 N–H and O–H groups in total. The molecule has 0 spiro atoms. The summed E-state index contributed by atoms with van der Waals surface area (Å²) in [7, 11) is -3.53. The minimum Gasteiger partial charge on any atom is -0.379 e. The molecule has 0 aliphatic carbocycles. The summed E-state index contributed by atoms with van der Waals surface area (Å²) in [6.45, 7) is 10.9. The van der Waals surface area contributed by atoms with Crippen molar-refractivity contribution >= 4 is 27.3 Å². The second kappa shape index (κ2) is 11.2. The fourth-order valence-corrected chi connectivity index (χ4v) is 7.70. The molecule has 1 aromatic rings. The first-order valence-electron chi connectivity index (χ1n) is 11.5. The smallest absolute Gasteiger partial charge is 0.252 e. The Morgan fingerprint density at radius 1 is 1.23 bits per heavy atom. The van der Waals surface area contributed by atoms with Crippen LogP contribution in [-0.4, -0.2) is 75.5 Å². The second-order valence-electron chi connectivity index (χ2n) is 8.60. The van der Waals surface area contributed by atoms with Gasteiger partial charge < -0.3 is 10.1 Å². The van der Waals surface area contributed by atoms with E-state index in [1.54, 1.807) is 6.07 Å². The maximum atomic E-state index is 13.0. The first kappa shape index (κ1) is 24.6. The van der Waals surface area contributed by atoms with Gasteiger partial charge in [0.2, 0.25) is 5.91 Å². The highest BCUT2D eigenvalue weighted by molar-refractivity contribution is 7.91. The molecule has 2 aliphatic heterocycles. The lowest BCUT2D eigenvalue weighted by Gasteiger charge is -2.39. The van der Waals surface area contributed by atoms with Crippen LogP contribution in [0.1, 0.15) is 44.4 Å². The van der Waals surface area contributed by atoms with Crippen LogP contribution in [0.15, 0.2) is 16.3 Å². The third-order valence-electron chi connectivity index (χ3n) is 6.66. The lowest BCUT2D eigenvalue weighted by Crippen LogP contribution is -2.53. The fourth-order valence-electron chi connectivity index (χ4n) is 4.74. The van der Waals surface area contributed by atoms with Gasteiger partial charge in [-0.1, -0.05) is 26.7 Å². The molecule has 2 aliphatic rings. The summed E-state index contributed by atoms with van der Waals surface area (Å²) in [6, 6.07) is 3.79. The van der Waals surface area contributed by atoms with E-state index in [0.29, 0.717) is 35.7 Å². The normalized spacial score (nSPS) is 22.5. The molecule has 7 nitrogen and oxygen atoms in total. The number of nitrogens with zero attached hydrogens (tertiary/aromatic N) is 2. The van der Waals surface area contributed by atoms with Crippen molar-refractivity contribution in [3.8, 4) is 0 Å². The monoisotopic (exact) mass is 471 g/mol. The van der Waals surface area contributed by atoms with E-state index < -0.39 is 10.0 Å². The van der Waals surface area contributed by atoms with Gasteiger partial charge in [0.25, 0.3) is 10.0 Å². The molecule has 0 unspecified atom stereocenters. The Morgan fingerprint density at radius 2 is 1.94 bits per heavy atom. The van der Waals surface area contributed by atoms with Gasteiger partial charge in [0.1, 0.15) is 4.21 Å². The summed E-state index contributed by atoms with van der Waals surface area (Å²) in [5.41, 5.74) is 0. The number of carbonyl (C=O) groups excluding carboxylic acids is 1. The van der Waals surface area contributed by atoms with E-state index in [2.05, 4.69) is 24.1 Å². The number of piperidine rings is 1. The Morgan fingerprint density at radius 3 is 2.55 bits per heavy atom. The van der Waals surface area contributed by atoms with Gasteiger partial charge in [0, 0.05) is 43.6 Å². The molecule has 176 valence electrons. The van der Waals surface area contributed by atoms with Gasteiger partial charge in [0.15, 0.2) is 0 Å². The van der Waals surface area contributed by atoms with Gasteiger partial charge in [-0.3, -0.25) is 9.69 Å². The Kier molecular flexibility index (Phi) is 8.92. The fraction of sp³-hybridized carbons (Fsp3) is 0.773. The number of thiophene rings is 1. The van der Waals surface area contributed by atoms with Crippen LogP contribution in [-0.2, 0) is 19.6 Å². The predicted molar refractivity (Wildman–Crippen MR) is 124 cm³/mol. The van der Waals surface area contributed by atoms with Crippen LogP contribution in [0.4, 0.5) is 0 Å². The summed E-state index contributed by atoms with van der Waals surface area (Å²) in [6.07, 6.45) is 3.59. The molecule has 2 atom stereocenters. The Labute approximate surface area is 191 Å². The summed E-state index contributed by atoms with van der Waals surface area (Å²) in [5.74, 6) is 0.201. The molecule has 9 heteroatoms. The van der Waals surface area contributed by atoms with E-state index in [9.17, 15) is 13.2 Å². The maximum absolute atomic E-state index is 13.0. The van der Waals surface area contributed by atoms with Crippen molar-refractivity contribution in [3.63, 3.8) is 0 Å². The number of amides is 1. The quantitative estimate of drug-likeness (QED) is 0.599. The SMILES string of the molecule is CCC(CC)[C@@H](CNC(=O)[C@H]1CCCN(S(=O)(=O)c2ccc(C)s2)C1)N1CCOCC1. The topological polar surface area (TPSA) is 79.0 Å². The van der Waals surface area contributed by atoms with Crippen LogP contribution in [0.25, 0.3) is 0 Å². The zero-order chi connectivity index (χ0) is 22.4. The van der Waals surface area contributed by atoms with E-state index in [1.165, 1.54) is 15.6 Å². The van der Waals surface area contributed by atoms with Crippen molar-refractivity contribution in [1.29, 1.82) is 0 Å². The molecule has 31 heavy (non-hydrogen) atoms. The summed E-state index contributed by atoms with van der Waals surface area (Å²) in [4.78, 5) is 16.4. The van der Waals surface area contributed by atoms with Crippen molar-refractivity contribution in [2.75, 3.05) is 45.9 Å². The minimum atomic E-state index is -3.53. The zero-order valence-corrected chi connectivity index (χ0v) is 20.6. The maximum Gasteiger partial charge on any atom is 0.252 e. The van der Waals surface area contributed by atoms with Gasteiger partial charge in [-0.05, 0) is 37.8 Å². The average molecular weight is 472 g/mol. The molecule has 0 radical (unpaired) electrons. The predicted octanol–water partition coefficient (Wildman–Crippen LogP) is 2.71. The van der Waals surface area contributed by atoms with E-state index >= 15 is 0 Å². The molecule has 0 saturated carbocycles. The van der Waals surface area contributed by atoms with Gasteiger partial charge in [0.05, 0.1) is 19.1 Å². The van der Waals surface area contributed by atoms with Crippen LogP contribution in [0.3, 0.4) is 0 Å². The zero-order valence-electron chi connectivity index (χ0n) is 19.0.